The Morgan fingerprint density at radius 1 is 0.622 bits per heavy atom. The normalized spacial score (nSPS) is 12.8. The molecule has 0 aromatic carbocycles. The molecule has 0 spiro atoms. The Bertz CT molecular complexity index is 871. The molecule has 0 heterocycles. The molecule has 0 aromatic rings. The van der Waals surface area contributed by atoms with Gasteiger partial charge in [-0.3, -0.25) is 14.4 Å². The maximum atomic E-state index is 12.5. The first-order chi connectivity index (χ1) is 22.0. The van der Waals surface area contributed by atoms with Gasteiger partial charge in [0.1, 0.15) is 12.6 Å². The van der Waals surface area contributed by atoms with Crippen molar-refractivity contribution in [3.8, 4) is 0 Å². The number of nitrogens with one attached hydrogen (secondary N) is 1. The van der Waals surface area contributed by atoms with E-state index in [0.717, 1.165) is 83.5 Å². The number of hydrogen-bond donors (Lipinski definition) is 2. The van der Waals surface area contributed by atoms with Crippen molar-refractivity contribution in [3.63, 3.8) is 0 Å². The molecule has 0 radical (unpaired) electrons. The molecule has 0 aromatic heterocycles. The molecule has 2 N–H and O–H groups in total. The molecular weight excluding hydrogens is 562 g/mol. The van der Waals surface area contributed by atoms with Crippen LogP contribution in [0, 0.1) is 0 Å². The van der Waals surface area contributed by atoms with Gasteiger partial charge in [-0.1, -0.05) is 126 Å². The number of carbonyl (C=O) groups excluding carboxylic acids is 2. The second-order valence-corrected chi connectivity index (χ2v) is 11.7. The molecule has 0 fully saturated rings. The van der Waals surface area contributed by atoms with E-state index in [4.69, 9.17) is 9.84 Å². The fourth-order valence-corrected chi connectivity index (χ4v) is 4.77. The van der Waals surface area contributed by atoms with Crippen molar-refractivity contribution < 1.29 is 24.2 Å². The van der Waals surface area contributed by atoms with Crippen molar-refractivity contribution in [1.29, 1.82) is 0 Å². The first-order valence-corrected chi connectivity index (χ1v) is 17.9. The number of allylic oxidation sites excluding steroid dienone is 9. The van der Waals surface area contributed by atoms with Crippen molar-refractivity contribution in [1.82, 2.24) is 5.32 Å². The van der Waals surface area contributed by atoms with Gasteiger partial charge < -0.3 is 15.2 Å². The summed E-state index contributed by atoms with van der Waals surface area (Å²) in [4.78, 5) is 34.5. The predicted octanol–water partition coefficient (Wildman–Crippen LogP) is 10.5. The van der Waals surface area contributed by atoms with Gasteiger partial charge in [-0.25, -0.2) is 0 Å². The van der Waals surface area contributed by atoms with Gasteiger partial charge in [0, 0.05) is 12.8 Å². The van der Waals surface area contributed by atoms with E-state index in [1.807, 2.05) is 6.08 Å². The summed E-state index contributed by atoms with van der Waals surface area (Å²) >= 11 is 0. The van der Waals surface area contributed by atoms with E-state index >= 15 is 0 Å². The molecule has 45 heavy (non-hydrogen) atoms. The van der Waals surface area contributed by atoms with Crippen molar-refractivity contribution in [2.24, 2.45) is 0 Å². The Morgan fingerprint density at radius 3 is 1.76 bits per heavy atom. The van der Waals surface area contributed by atoms with Crippen LogP contribution in [-0.4, -0.2) is 35.6 Å². The topological polar surface area (TPSA) is 92.7 Å². The monoisotopic (exact) mass is 627 g/mol. The summed E-state index contributed by atoms with van der Waals surface area (Å²) in [7, 11) is 0. The maximum Gasteiger partial charge on any atom is 0.322 e. The van der Waals surface area contributed by atoms with Crippen molar-refractivity contribution in [2.45, 2.75) is 161 Å². The first-order valence-electron chi connectivity index (χ1n) is 17.9. The second kappa shape index (κ2) is 34.0. The van der Waals surface area contributed by atoms with E-state index in [9.17, 15) is 14.4 Å². The minimum absolute atomic E-state index is 0.105. The standard InChI is InChI=1S/C39H65NO5/c1-3-5-7-8-9-10-11-12-13-14-15-16-17-18-19-20-21-22-23-24-30-34-39(44)45-36(31-27-6-4-2)32-28-25-26-29-33-37(41)40-35-38(42)43/h5,7,9-10,12-13,15-16,27,31,36H,3-4,6,8,11,14,17-26,28-30,32-35H2,1-2H3,(H,40,41)(H,42,43)/b7-5-,10-9-,13-12-,16-15-,31-27-. The fourth-order valence-electron chi connectivity index (χ4n) is 4.77. The van der Waals surface area contributed by atoms with Crippen molar-refractivity contribution in [3.05, 3.63) is 60.8 Å². The molecule has 1 unspecified atom stereocenters. The van der Waals surface area contributed by atoms with Gasteiger partial charge in [-0.15, -0.1) is 0 Å². The molecule has 0 bridgehead atoms. The first kappa shape index (κ1) is 42.1. The summed E-state index contributed by atoms with van der Waals surface area (Å²) in [5.41, 5.74) is 0. The zero-order valence-corrected chi connectivity index (χ0v) is 28.7. The summed E-state index contributed by atoms with van der Waals surface area (Å²) in [6.45, 7) is 3.96. The number of rotatable bonds is 31. The van der Waals surface area contributed by atoms with Crippen molar-refractivity contribution >= 4 is 17.8 Å². The minimum atomic E-state index is -1.03. The van der Waals surface area contributed by atoms with Gasteiger partial charge in [0.2, 0.25) is 5.91 Å². The summed E-state index contributed by atoms with van der Waals surface area (Å²) in [5, 5.41) is 11.0. The van der Waals surface area contributed by atoms with E-state index < -0.39 is 5.97 Å². The number of carbonyl (C=O) groups is 3. The highest BCUT2D eigenvalue weighted by atomic mass is 16.5. The number of ether oxygens (including phenoxy) is 1. The van der Waals surface area contributed by atoms with E-state index in [0.29, 0.717) is 12.8 Å². The van der Waals surface area contributed by atoms with Crippen LogP contribution in [-0.2, 0) is 19.1 Å². The van der Waals surface area contributed by atoms with Crippen LogP contribution >= 0.6 is 0 Å². The maximum absolute atomic E-state index is 12.5. The lowest BCUT2D eigenvalue weighted by molar-refractivity contribution is -0.147. The van der Waals surface area contributed by atoms with Crippen LogP contribution in [0.1, 0.15) is 155 Å². The fraction of sp³-hybridized carbons (Fsp3) is 0.667. The van der Waals surface area contributed by atoms with Gasteiger partial charge in [0.15, 0.2) is 0 Å². The molecule has 0 aliphatic rings. The largest absolute Gasteiger partial charge is 0.480 e. The molecule has 256 valence electrons. The number of aliphatic carboxylic acids is 1. The quantitative estimate of drug-likeness (QED) is 0.0453. The lowest BCUT2D eigenvalue weighted by Gasteiger charge is -2.15. The lowest BCUT2D eigenvalue weighted by Crippen LogP contribution is -2.28. The van der Waals surface area contributed by atoms with Crippen LogP contribution in [0.4, 0.5) is 0 Å². The Balaban J connectivity index is 3.81. The van der Waals surface area contributed by atoms with Crippen LogP contribution in [0.3, 0.4) is 0 Å². The zero-order chi connectivity index (χ0) is 33.1. The zero-order valence-electron chi connectivity index (χ0n) is 28.7. The van der Waals surface area contributed by atoms with Gasteiger partial charge in [0.05, 0.1) is 0 Å². The third kappa shape index (κ3) is 33.8. The average Bonchev–Trinajstić information content (AvgIpc) is 3.02. The number of unbranched alkanes of at least 4 members (excludes halogenated alkanes) is 12. The number of hydrogen-bond acceptors (Lipinski definition) is 4. The van der Waals surface area contributed by atoms with Gasteiger partial charge in [0.25, 0.3) is 0 Å². The summed E-state index contributed by atoms with van der Waals surface area (Å²) < 4.78 is 5.78. The van der Waals surface area contributed by atoms with Crippen LogP contribution in [0.15, 0.2) is 60.8 Å². The van der Waals surface area contributed by atoms with E-state index in [2.05, 4.69) is 73.8 Å². The third-order valence-corrected chi connectivity index (χ3v) is 7.39. The molecule has 0 aliphatic carbocycles. The predicted molar refractivity (Wildman–Crippen MR) is 189 cm³/mol. The van der Waals surface area contributed by atoms with Gasteiger partial charge >= 0.3 is 11.9 Å². The molecule has 1 amide bonds. The third-order valence-electron chi connectivity index (χ3n) is 7.39. The molecule has 6 heteroatoms. The van der Waals surface area contributed by atoms with Crippen LogP contribution < -0.4 is 5.32 Å². The molecule has 6 nitrogen and oxygen atoms in total. The highest BCUT2D eigenvalue weighted by Gasteiger charge is 2.11. The minimum Gasteiger partial charge on any atom is -0.480 e. The summed E-state index contributed by atoms with van der Waals surface area (Å²) in [6, 6.07) is 0. The molecular formula is C39H65NO5. The van der Waals surface area contributed by atoms with Gasteiger partial charge in [-0.05, 0) is 76.7 Å². The summed E-state index contributed by atoms with van der Waals surface area (Å²) in [5.74, 6) is -1.36. The molecule has 0 aliphatic heterocycles. The Kier molecular flexibility index (Phi) is 31.8. The molecule has 0 saturated carbocycles. The number of carboxylic acids is 1. The highest BCUT2D eigenvalue weighted by Crippen LogP contribution is 2.15. The van der Waals surface area contributed by atoms with E-state index in [1.54, 1.807) is 0 Å². The second-order valence-electron chi connectivity index (χ2n) is 11.7. The average molecular weight is 628 g/mol. The van der Waals surface area contributed by atoms with Crippen molar-refractivity contribution in [2.75, 3.05) is 6.54 Å². The molecule has 0 saturated heterocycles. The Hall–Kier alpha value is -2.89. The number of carboxylic acid groups (broad SMARTS) is 1. The Morgan fingerprint density at radius 2 is 1.16 bits per heavy atom. The van der Waals surface area contributed by atoms with Crippen LogP contribution in [0.5, 0.6) is 0 Å². The number of amides is 1. The lowest BCUT2D eigenvalue weighted by atomic mass is 10.1. The molecule has 1 atom stereocenters. The summed E-state index contributed by atoms with van der Waals surface area (Å²) in [6.07, 6.45) is 43.9. The van der Waals surface area contributed by atoms with Gasteiger partial charge in [-0.2, -0.15) is 0 Å². The molecule has 0 rings (SSSR count). The van der Waals surface area contributed by atoms with Crippen LogP contribution in [0.25, 0.3) is 0 Å². The van der Waals surface area contributed by atoms with E-state index in [-0.39, 0.29) is 24.5 Å². The smallest absolute Gasteiger partial charge is 0.322 e. The van der Waals surface area contributed by atoms with Crippen LogP contribution in [0.2, 0.25) is 0 Å². The number of esters is 1. The van der Waals surface area contributed by atoms with E-state index in [1.165, 1.54) is 44.9 Å². The SMILES string of the molecule is CC/C=C\C/C=C\C/C=C\C/C=C\CCCCCCCCCCC(=O)OC(/C=C\CCC)CCCCCCC(=O)NCC(=O)O. The highest BCUT2D eigenvalue weighted by molar-refractivity contribution is 5.80. The Labute approximate surface area is 275 Å².